The summed E-state index contributed by atoms with van der Waals surface area (Å²) in [5.41, 5.74) is 2.08. The molecule has 2 aromatic rings. The maximum atomic E-state index is 14.0. The van der Waals surface area contributed by atoms with Gasteiger partial charge in [-0.1, -0.05) is 0 Å². The lowest BCUT2D eigenvalue weighted by Gasteiger charge is -2.47. The molecule has 35 heavy (non-hydrogen) atoms. The van der Waals surface area contributed by atoms with Crippen LogP contribution in [0.2, 0.25) is 0 Å². The maximum Gasteiger partial charge on any atom is 0.293 e. The lowest BCUT2D eigenvalue weighted by atomic mass is 9.78. The molecule has 0 N–H and O–H groups in total. The summed E-state index contributed by atoms with van der Waals surface area (Å²) in [5.74, 6) is 0.423. The summed E-state index contributed by atoms with van der Waals surface area (Å²) in [6.07, 6.45) is 8.70. The number of alkyl halides is 1. The first-order valence-corrected chi connectivity index (χ1v) is 12.4. The third-order valence-corrected chi connectivity index (χ3v) is 7.34. The molecule has 1 saturated carbocycles. The SMILES string of the molecule is CCOC=O.CN1CC2(CCC(N3CCN(c4ncc(F)cc4-c4cnn(CCF)c4)CC3)C2)C1. The normalized spacial score (nSPS) is 21.9. The van der Waals surface area contributed by atoms with Gasteiger partial charge >= 0.3 is 0 Å². The quantitative estimate of drug-likeness (QED) is 0.553. The molecule has 5 rings (SSSR count). The van der Waals surface area contributed by atoms with Gasteiger partial charge in [-0.05, 0) is 44.7 Å². The van der Waals surface area contributed by atoms with Crippen LogP contribution in [-0.2, 0) is 16.1 Å². The van der Waals surface area contributed by atoms with E-state index in [4.69, 9.17) is 0 Å². The smallest absolute Gasteiger partial charge is 0.293 e. The average molecular weight is 491 g/mol. The minimum atomic E-state index is -0.476. The number of carbonyl (C=O) groups excluding carboxylic acids is 1. The van der Waals surface area contributed by atoms with Crippen LogP contribution in [0.1, 0.15) is 26.2 Å². The van der Waals surface area contributed by atoms with Crippen LogP contribution in [0.15, 0.2) is 24.7 Å². The molecule has 0 amide bonds. The highest BCUT2D eigenvalue weighted by Gasteiger charge is 2.48. The van der Waals surface area contributed by atoms with E-state index in [1.165, 1.54) is 44.6 Å². The molecule has 1 atom stereocenters. The van der Waals surface area contributed by atoms with Crippen LogP contribution < -0.4 is 4.90 Å². The Morgan fingerprint density at radius 1 is 1.23 bits per heavy atom. The Kier molecular flexibility index (Phi) is 8.33. The van der Waals surface area contributed by atoms with E-state index < -0.39 is 6.67 Å². The van der Waals surface area contributed by atoms with Crippen molar-refractivity contribution in [1.29, 1.82) is 0 Å². The Morgan fingerprint density at radius 2 is 2.00 bits per heavy atom. The number of piperazine rings is 1. The largest absolute Gasteiger partial charge is 0.468 e. The fourth-order valence-electron chi connectivity index (χ4n) is 5.85. The van der Waals surface area contributed by atoms with Gasteiger partial charge in [-0.2, -0.15) is 5.10 Å². The number of rotatable bonds is 7. The molecule has 3 aliphatic rings. The van der Waals surface area contributed by atoms with Gasteiger partial charge in [0.2, 0.25) is 0 Å². The Hall–Kier alpha value is -2.59. The van der Waals surface area contributed by atoms with Crippen molar-refractivity contribution in [2.45, 2.75) is 38.8 Å². The van der Waals surface area contributed by atoms with Crippen LogP contribution in [0.25, 0.3) is 11.1 Å². The first-order valence-electron chi connectivity index (χ1n) is 12.4. The van der Waals surface area contributed by atoms with E-state index in [1.807, 2.05) is 0 Å². The molecule has 10 heteroatoms. The number of aryl methyl sites for hydroxylation is 1. The van der Waals surface area contributed by atoms with Crippen molar-refractivity contribution in [3.05, 3.63) is 30.5 Å². The molecular weight excluding hydrogens is 454 g/mol. The standard InChI is InChI=1S/C22H30F2N6.C3H6O2/c1-27-15-22(16-27)3-2-19(11-22)28-6-8-29(9-7-28)21-20(10-18(24)13-25-21)17-12-26-30(14-17)5-4-23;1-2-5-3-4/h10,12-14,19H,2-9,11,15-16H2,1H3;3H,2H2,1H3. The molecule has 3 fully saturated rings. The Bertz CT molecular complexity index is 973. The predicted molar refractivity (Wildman–Crippen MR) is 130 cm³/mol. The van der Waals surface area contributed by atoms with Crippen molar-refractivity contribution in [3.63, 3.8) is 0 Å². The summed E-state index contributed by atoms with van der Waals surface area (Å²) in [6.45, 7) is 8.68. The lowest BCUT2D eigenvalue weighted by Crippen LogP contribution is -2.54. The molecule has 4 heterocycles. The first kappa shape index (κ1) is 25.5. The topological polar surface area (TPSA) is 66.7 Å². The Balaban J connectivity index is 0.000000527. The first-order chi connectivity index (χ1) is 17.0. The number of ether oxygens (including phenoxy) is 1. The minimum absolute atomic E-state index is 0.204. The van der Waals surface area contributed by atoms with Crippen molar-refractivity contribution in [3.8, 4) is 11.1 Å². The maximum absolute atomic E-state index is 14.0. The van der Waals surface area contributed by atoms with E-state index in [-0.39, 0.29) is 12.4 Å². The zero-order valence-corrected chi connectivity index (χ0v) is 20.7. The highest BCUT2D eigenvalue weighted by Crippen LogP contribution is 2.46. The molecule has 1 unspecified atom stereocenters. The number of carbonyl (C=O) groups is 1. The molecule has 0 radical (unpaired) electrons. The van der Waals surface area contributed by atoms with Gasteiger partial charge in [0, 0.05) is 62.6 Å². The minimum Gasteiger partial charge on any atom is -0.468 e. The zero-order chi connectivity index (χ0) is 24.8. The zero-order valence-electron chi connectivity index (χ0n) is 20.7. The predicted octanol–water partition coefficient (Wildman–Crippen LogP) is 2.84. The van der Waals surface area contributed by atoms with Gasteiger partial charge in [-0.15, -0.1) is 0 Å². The van der Waals surface area contributed by atoms with Crippen molar-refractivity contribution in [2.24, 2.45) is 5.41 Å². The monoisotopic (exact) mass is 490 g/mol. The van der Waals surface area contributed by atoms with Gasteiger partial charge in [0.1, 0.15) is 18.3 Å². The number of pyridine rings is 1. The molecule has 0 bridgehead atoms. The van der Waals surface area contributed by atoms with Gasteiger partial charge in [0.15, 0.2) is 0 Å². The van der Waals surface area contributed by atoms with E-state index in [0.717, 1.165) is 43.1 Å². The van der Waals surface area contributed by atoms with E-state index >= 15 is 0 Å². The summed E-state index contributed by atoms with van der Waals surface area (Å²) in [5, 5.41) is 4.19. The van der Waals surface area contributed by atoms with Crippen molar-refractivity contribution in [1.82, 2.24) is 24.6 Å². The van der Waals surface area contributed by atoms with Gasteiger partial charge in [0.25, 0.3) is 6.47 Å². The van der Waals surface area contributed by atoms with Crippen molar-refractivity contribution >= 4 is 12.3 Å². The van der Waals surface area contributed by atoms with Crippen LogP contribution in [0.4, 0.5) is 14.6 Å². The highest BCUT2D eigenvalue weighted by atomic mass is 19.1. The second kappa shape index (κ2) is 11.4. The summed E-state index contributed by atoms with van der Waals surface area (Å²) >= 11 is 0. The molecule has 192 valence electrons. The number of anilines is 1. The highest BCUT2D eigenvalue weighted by molar-refractivity contribution is 5.75. The van der Waals surface area contributed by atoms with E-state index in [9.17, 15) is 13.6 Å². The fourth-order valence-corrected chi connectivity index (χ4v) is 5.85. The number of nitrogens with zero attached hydrogens (tertiary/aromatic N) is 6. The van der Waals surface area contributed by atoms with Crippen LogP contribution >= 0.6 is 0 Å². The average Bonchev–Trinajstić information content (AvgIpc) is 3.48. The van der Waals surface area contributed by atoms with Crippen LogP contribution in [0, 0.1) is 11.2 Å². The molecule has 2 aliphatic heterocycles. The lowest BCUT2D eigenvalue weighted by molar-refractivity contribution is -0.128. The van der Waals surface area contributed by atoms with E-state index in [2.05, 4.69) is 36.6 Å². The van der Waals surface area contributed by atoms with Gasteiger partial charge in [-0.3, -0.25) is 14.4 Å². The number of halogens is 2. The van der Waals surface area contributed by atoms with Crippen molar-refractivity contribution in [2.75, 3.05) is 64.5 Å². The Labute approximate surface area is 205 Å². The van der Waals surface area contributed by atoms with Gasteiger partial charge < -0.3 is 14.5 Å². The van der Waals surface area contributed by atoms with E-state index in [0.29, 0.717) is 24.5 Å². The fraction of sp³-hybridized carbons (Fsp3) is 0.640. The molecule has 1 aliphatic carbocycles. The molecule has 0 aromatic carbocycles. The third kappa shape index (κ3) is 5.98. The second-order valence-corrected chi connectivity index (χ2v) is 9.85. The van der Waals surface area contributed by atoms with Gasteiger partial charge in [0.05, 0.1) is 25.5 Å². The van der Waals surface area contributed by atoms with Gasteiger partial charge in [-0.25, -0.2) is 13.8 Å². The molecule has 2 saturated heterocycles. The number of aromatic nitrogens is 3. The Morgan fingerprint density at radius 3 is 2.63 bits per heavy atom. The number of hydrogen-bond donors (Lipinski definition) is 0. The molecular formula is C25H36F2N6O2. The van der Waals surface area contributed by atoms with E-state index in [1.54, 1.807) is 24.0 Å². The summed E-state index contributed by atoms with van der Waals surface area (Å²) < 4.78 is 32.3. The third-order valence-electron chi connectivity index (χ3n) is 7.34. The number of hydrogen-bond acceptors (Lipinski definition) is 7. The second-order valence-electron chi connectivity index (χ2n) is 9.85. The van der Waals surface area contributed by atoms with Crippen molar-refractivity contribution < 1.29 is 18.3 Å². The molecule has 1 spiro atoms. The van der Waals surface area contributed by atoms with Crippen LogP contribution in [-0.4, -0.2) is 96.7 Å². The van der Waals surface area contributed by atoms with Crippen LogP contribution in [0.3, 0.4) is 0 Å². The summed E-state index contributed by atoms with van der Waals surface area (Å²) in [7, 11) is 2.21. The molecule has 2 aromatic heterocycles. The summed E-state index contributed by atoms with van der Waals surface area (Å²) in [6, 6.07) is 2.21. The number of likely N-dealkylation sites (tertiary alicyclic amines) is 1. The van der Waals surface area contributed by atoms with Crippen LogP contribution in [0.5, 0.6) is 0 Å². The summed E-state index contributed by atoms with van der Waals surface area (Å²) in [4.78, 5) is 20.9. The molecule has 8 nitrogen and oxygen atoms in total.